The second-order valence-corrected chi connectivity index (χ2v) is 7.29. The number of benzene rings is 1. The molecule has 1 N–H and O–H groups in total. The number of carbonyl (C=O) groups excluding carboxylic acids is 1. The van der Waals surface area contributed by atoms with Crippen LogP contribution in [0.4, 0.5) is 4.79 Å². The van der Waals surface area contributed by atoms with Gasteiger partial charge in [0.1, 0.15) is 6.61 Å². The van der Waals surface area contributed by atoms with Gasteiger partial charge in [-0.3, -0.25) is 0 Å². The summed E-state index contributed by atoms with van der Waals surface area (Å²) in [6.07, 6.45) is -0.472. The lowest BCUT2D eigenvalue weighted by molar-refractivity contribution is 0.138. The smallest absolute Gasteiger partial charge is 0.407 e. The first-order valence-electron chi connectivity index (χ1n) is 6.23. The van der Waals surface area contributed by atoms with Crippen molar-refractivity contribution in [3.8, 4) is 0 Å². The summed E-state index contributed by atoms with van der Waals surface area (Å²) in [5.41, 5.74) is 0.927. The summed E-state index contributed by atoms with van der Waals surface area (Å²) in [5, 5.41) is 2.74. The Hall–Kier alpha value is -1.56. The van der Waals surface area contributed by atoms with Crippen LogP contribution in [0.5, 0.6) is 0 Å². The van der Waals surface area contributed by atoms with Gasteiger partial charge in [0, 0.05) is 6.04 Å². The molecular formula is C13H15NO4S. The third-order valence-corrected chi connectivity index (χ3v) is 5.51. The molecule has 1 aliphatic heterocycles. The van der Waals surface area contributed by atoms with Crippen molar-refractivity contribution in [1.82, 2.24) is 5.32 Å². The van der Waals surface area contributed by atoms with Crippen molar-refractivity contribution in [1.29, 1.82) is 0 Å². The first-order chi connectivity index (χ1) is 9.05. The SMILES string of the molecule is O=C(N[C@@H]1[C@@H]2CS(=O)(=O)C[C@@H]21)OCc1ccccc1. The first-order valence-corrected chi connectivity index (χ1v) is 8.05. The molecule has 0 spiro atoms. The van der Waals surface area contributed by atoms with Gasteiger partial charge in [-0.25, -0.2) is 13.2 Å². The summed E-state index contributed by atoms with van der Waals surface area (Å²) in [7, 11) is -2.86. The number of hydrogen-bond donors (Lipinski definition) is 1. The Morgan fingerprint density at radius 1 is 1.21 bits per heavy atom. The van der Waals surface area contributed by atoms with E-state index in [1.54, 1.807) is 0 Å². The lowest BCUT2D eigenvalue weighted by Gasteiger charge is -2.08. The normalized spacial score (nSPS) is 30.4. The minimum Gasteiger partial charge on any atom is -0.445 e. The fraction of sp³-hybridized carbons (Fsp3) is 0.462. The number of fused-ring (bicyclic) bond motifs is 1. The zero-order valence-electron chi connectivity index (χ0n) is 10.3. The number of sulfone groups is 1. The molecule has 0 aromatic heterocycles. The van der Waals surface area contributed by atoms with Gasteiger partial charge in [0.25, 0.3) is 0 Å². The van der Waals surface area contributed by atoms with Gasteiger partial charge in [-0.2, -0.15) is 0 Å². The highest BCUT2D eigenvalue weighted by Crippen LogP contribution is 2.46. The fourth-order valence-electron chi connectivity index (χ4n) is 2.67. The van der Waals surface area contributed by atoms with E-state index in [-0.39, 0.29) is 36.0 Å². The monoisotopic (exact) mass is 281 g/mol. The van der Waals surface area contributed by atoms with Crippen LogP contribution >= 0.6 is 0 Å². The van der Waals surface area contributed by atoms with E-state index in [9.17, 15) is 13.2 Å². The minimum absolute atomic E-state index is 0.0215. The molecule has 1 aliphatic carbocycles. The molecule has 1 saturated heterocycles. The molecule has 102 valence electrons. The average molecular weight is 281 g/mol. The average Bonchev–Trinajstić information content (AvgIpc) is 2.84. The van der Waals surface area contributed by atoms with Gasteiger partial charge in [0.05, 0.1) is 11.5 Å². The molecule has 5 nitrogen and oxygen atoms in total. The molecule has 19 heavy (non-hydrogen) atoms. The number of alkyl carbamates (subject to hydrolysis) is 1. The van der Waals surface area contributed by atoms with Crippen molar-refractivity contribution < 1.29 is 17.9 Å². The number of rotatable bonds is 3. The largest absolute Gasteiger partial charge is 0.445 e. The lowest BCUT2D eigenvalue weighted by atomic mass is 10.2. The molecule has 1 saturated carbocycles. The van der Waals surface area contributed by atoms with E-state index in [0.29, 0.717) is 0 Å². The van der Waals surface area contributed by atoms with Gasteiger partial charge >= 0.3 is 6.09 Å². The van der Waals surface area contributed by atoms with Crippen molar-refractivity contribution in [3.63, 3.8) is 0 Å². The van der Waals surface area contributed by atoms with Crippen LogP contribution in [0.2, 0.25) is 0 Å². The molecule has 0 radical (unpaired) electrons. The molecular weight excluding hydrogens is 266 g/mol. The summed E-state index contributed by atoms with van der Waals surface area (Å²) in [4.78, 5) is 11.6. The molecule has 1 aromatic carbocycles. The van der Waals surface area contributed by atoms with Gasteiger partial charge in [-0.15, -0.1) is 0 Å². The molecule has 0 unspecified atom stereocenters. The Kier molecular flexibility index (Phi) is 2.97. The zero-order chi connectivity index (χ0) is 13.5. The van der Waals surface area contributed by atoms with E-state index in [1.165, 1.54) is 0 Å². The Morgan fingerprint density at radius 2 is 1.84 bits per heavy atom. The Bertz CT molecular complexity index is 566. The Labute approximate surface area is 111 Å². The molecule has 2 aliphatic rings. The van der Waals surface area contributed by atoms with E-state index >= 15 is 0 Å². The standard InChI is InChI=1S/C13H15NO4S/c15-13(18-6-9-4-2-1-3-5-9)14-12-10-7-19(16,17)8-11(10)12/h1-5,10-12H,6-8H2,(H,14,15)/t10-,11+,12-. The van der Waals surface area contributed by atoms with E-state index < -0.39 is 15.9 Å². The summed E-state index contributed by atoms with van der Waals surface area (Å²) < 4.78 is 27.6. The molecule has 3 rings (SSSR count). The summed E-state index contributed by atoms with van der Waals surface area (Å²) in [6, 6.07) is 9.40. The second kappa shape index (κ2) is 4.52. The third-order valence-electron chi connectivity index (χ3n) is 3.72. The van der Waals surface area contributed by atoms with Gasteiger partial charge in [-0.05, 0) is 17.4 Å². The van der Waals surface area contributed by atoms with Crippen molar-refractivity contribution in [3.05, 3.63) is 35.9 Å². The van der Waals surface area contributed by atoms with Crippen LogP contribution in [0.1, 0.15) is 5.56 Å². The maximum atomic E-state index is 11.6. The first kappa shape index (κ1) is 12.5. The van der Waals surface area contributed by atoms with Crippen LogP contribution < -0.4 is 5.32 Å². The van der Waals surface area contributed by atoms with Crippen molar-refractivity contribution in [2.45, 2.75) is 12.6 Å². The summed E-state index contributed by atoms with van der Waals surface area (Å²) in [6.45, 7) is 0.229. The van der Waals surface area contributed by atoms with Gasteiger partial charge in [0.2, 0.25) is 0 Å². The molecule has 1 aromatic rings. The van der Waals surface area contributed by atoms with Gasteiger partial charge < -0.3 is 10.1 Å². The molecule has 6 heteroatoms. The van der Waals surface area contributed by atoms with Crippen LogP contribution in [0.25, 0.3) is 0 Å². The highest BCUT2D eigenvalue weighted by molar-refractivity contribution is 7.91. The molecule has 3 atom stereocenters. The van der Waals surface area contributed by atoms with Gasteiger partial charge in [-0.1, -0.05) is 30.3 Å². The highest BCUT2D eigenvalue weighted by atomic mass is 32.2. The van der Waals surface area contributed by atoms with Crippen molar-refractivity contribution in [2.75, 3.05) is 11.5 Å². The molecule has 1 heterocycles. The third kappa shape index (κ3) is 2.73. The van der Waals surface area contributed by atoms with Crippen molar-refractivity contribution in [2.24, 2.45) is 11.8 Å². The highest BCUT2D eigenvalue weighted by Gasteiger charge is 2.59. The lowest BCUT2D eigenvalue weighted by Crippen LogP contribution is -2.31. The molecule has 2 fully saturated rings. The van der Waals surface area contributed by atoms with Crippen LogP contribution in [-0.4, -0.2) is 32.1 Å². The van der Waals surface area contributed by atoms with E-state index in [1.807, 2.05) is 30.3 Å². The summed E-state index contributed by atoms with van der Waals surface area (Å²) >= 11 is 0. The van der Waals surface area contributed by atoms with Crippen LogP contribution in [0.15, 0.2) is 30.3 Å². The molecule has 0 bridgehead atoms. The quantitative estimate of drug-likeness (QED) is 0.895. The number of ether oxygens (including phenoxy) is 1. The predicted octanol–water partition coefficient (Wildman–Crippen LogP) is 0.956. The fourth-order valence-corrected chi connectivity index (χ4v) is 4.89. The Morgan fingerprint density at radius 3 is 2.47 bits per heavy atom. The number of hydrogen-bond acceptors (Lipinski definition) is 4. The summed E-state index contributed by atoms with van der Waals surface area (Å²) in [5.74, 6) is 0.575. The number of amides is 1. The van der Waals surface area contributed by atoms with Gasteiger partial charge in [0.15, 0.2) is 9.84 Å². The number of nitrogens with one attached hydrogen (secondary N) is 1. The predicted molar refractivity (Wildman–Crippen MR) is 69.2 cm³/mol. The van der Waals surface area contributed by atoms with Crippen LogP contribution in [0, 0.1) is 11.8 Å². The Balaban J connectivity index is 1.44. The van der Waals surface area contributed by atoms with Crippen molar-refractivity contribution >= 4 is 15.9 Å². The maximum absolute atomic E-state index is 11.6. The minimum atomic E-state index is -2.86. The van der Waals surface area contributed by atoms with E-state index in [2.05, 4.69) is 5.32 Å². The van der Waals surface area contributed by atoms with Crippen LogP contribution in [-0.2, 0) is 21.2 Å². The molecule has 1 amide bonds. The second-order valence-electron chi connectivity index (χ2n) is 5.14. The van der Waals surface area contributed by atoms with Crippen LogP contribution in [0.3, 0.4) is 0 Å². The zero-order valence-corrected chi connectivity index (χ0v) is 11.1. The maximum Gasteiger partial charge on any atom is 0.407 e. The topological polar surface area (TPSA) is 72.5 Å². The van der Waals surface area contributed by atoms with E-state index in [4.69, 9.17) is 4.74 Å². The number of carbonyl (C=O) groups is 1. The van der Waals surface area contributed by atoms with E-state index in [0.717, 1.165) is 5.56 Å².